The van der Waals surface area contributed by atoms with Crippen molar-refractivity contribution in [3.8, 4) is 0 Å². The molecule has 1 aromatic rings. The molecule has 6 nitrogen and oxygen atoms in total. The Morgan fingerprint density at radius 3 is 2.39 bits per heavy atom. The van der Waals surface area contributed by atoms with Crippen LogP contribution in [0.3, 0.4) is 0 Å². The summed E-state index contributed by atoms with van der Waals surface area (Å²) in [4.78, 5) is 12.0. The summed E-state index contributed by atoms with van der Waals surface area (Å²) in [5.74, 6) is 0.839. The van der Waals surface area contributed by atoms with Crippen molar-refractivity contribution in [2.75, 3.05) is 70.3 Å². The van der Waals surface area contributed by atoms with E-state index in [4.69, 9.17) is 4.99 Å². The lowest BCUT2D eigenvalue weighted by Crippen LogP contribution is -2.49. The zero-order chi connectivity index (χ0) is 21.9. The van der Waals surface area contributed by atoms with Gasteiger partial charge >= 0.3 is 0 Å². The second-order valence-corrected chi connectivity index (χ2v) is 8.65. The number of nitrogens with one attached hydrogen (secondary N) is 2. The van der Waals surface area contributed by atoms with Gasteiger partial charge in [-0.15, -0.1) is 0 Å². The quantitative estimate of drug-likeness (QED) is 0.357. The van der Waals surface area contributed by atoms with Crippen LogP contribution in [-0.2, 0) is 0 Å². The van der Waals surface area contributed by atoms with Crippen LogP contribution in [0.25, 0.3) is 0 Å². The average molecular weight is 433 g/mol. The normalized spacial score (nSPS) is 19.6. The van der Waals surface area contributed by atoms with Crippen molar-refractivity contribution in [2.24, 2.45) is 4.99 Å². The molecule has 3 rings (SSSR count). The van der Waals surface area contributed by atoms with Gasteiger partial charge in [0.05, 0.1) is 5.69 Å². The van der Waals surface area contributed by atoms with Crippen molar-refractivity contribution in [1.82, 2.24) is 20.4 Å². The highest BCUT2D eigenvalue weighted by atomic mass is 19.1. The first kappa shape index (κ1) is 23.8. The van der Waals surface area contributed by atoms with Gasteiger partial charge in [0, 0.05) is 64.9 Å². The average Bonchev–Trinajstić information content (AvgIpc) is 2.79. The monoisotopic (exact) mass is 432 g/mol. The number of piperazine rings is 1. The third-order valence-corrected chi connectivity index (χ3v) is 6.28. The Balaban J connectivity index is 1.35. The molecular formula is C24H41FN6. The van der Waals surface area contributed by atoms with E-state index in [2.05, 4.69) is 39.2 Å². The summed E-state index contributed by atoms with van der Waals surface area (Å²) in [6.07, 6.45) is 4.67. The molecule has 0 atom stereocenters. The minimum absolute atomic E-state index is 0.121. The van der Waals surface area contributed by atoms with Gasteiger partial charge in [0.1, 0.15) is 5.82 Å². The molecule has 0 saturated carbocycles. The summed E-state index contributed by atoms with van der Waals surface area (Å²) in [6, 6.07) is 7.61. The number of likely N-dealkylation sites (tertiary alicyclic amines) is 1. The van der Waals surface area contributed by atoms with Crippen molar-refractivity contribution in [3.05, 3.63) is 30.1 Å². The number of hydrogen-bond donors (Lipinski definition) is 2. The minimum atomic E-state index is -0.121. The molecular weight excluding hydrogens is 391 g/mol. The summed E-state index contributed by atoms with van der Waals surface area (Å²) in [7, 11) is 0. The molecule has 2 aliphatic heterocycles. The van der Waals surface area contributed by atoms with E-state index >= 15 is 0 Å². The van der Waals surface area contributed by atoms with Gasteiger partial charge in [-0.3, -0.25) is 9.89 Å². The first-order valence-corrected chi connectivity index (χ1v) is 12.2. The summed E-state index contributed by atoms with van der Waals surface area (Å²) in [6.45, 7) is 14.4. The van der Waals surface area contributed by atoms with Gasteiger partial charge in [0.2, 0.25) is 0 Å². The Hall–Kier alpha value is -1.86. The predicted molar refractivity (Wildman–Crippen MR) is 129 cm³/mol. The molecule has 2 heterocycles. The molecule has 1 aromatic carbocycles. The van der Waals surface area contributed by atoms with Gasteiger partial charge < -0.3 is 20.4 Å². The fraction of sp³-hybridized carbons (Fsp3) is 0.708. The number of piperidine rings is 1. The molecule has 174 valence electrons. The van der Waals surface area contributed by atoms with E-state index in [9.17, 15) is 4.39 Å². The summed E-state index contributed by atoms with van der Waals surface area (Å²) >= 11 is 0. The number of rotatable bonds is 9. The molecule has 0 amide bonds. The van der Waals surface area contributed by atoms with E-state index in [0.717, 1.165) is 63.9 Å². The van der Waals surface area contributed by atoms with Crippen LogP contribution in [0.4, 0.5) is 10.1 Å². The van der Waals surface area contributed by atoms with Crippen LogP contribution < -0.4 is 15.5 Å². The molecule has 2 fully saturated rings. The Kier molecular flexibility index (Phi) is 9.87. The first-order chi connectivity index (χ1) is 15.2. The van der Waals surface area contributed by atoms with Crippen molar-refractivity contribution in [2.45, 2.75) is 45.6 Å². The second kappa shape index (κ2) is 12.9. The number of guanidine groups is 1. The summed E-state index contributed by atoms with van der Waals surface area (Å²) in [5.41, 5.74) is 0.730. The van der Waals surface area contributed by atoms with E-state index in [0.29, 0.717) is 6.04 Å². The highest BCUT2D eigenvalue weighted by Crippen LogP contribution is 2.20. The molecule has 0 bridgehead atoms. The van der Waals surface area contributed by atoms with Crippen LogP contribution >= 0.6 is 0 Å². The maximum Gasteiger partial charge on any atom is 0.191 e. The topological polar surface area (TPSA) is 46.1 Å². The van der Waals surface area contributed by atoms with E-state index < -0.39 is 0 Å². The lowest BCUT2D eigenvalue weighted by molar-refractivity contribution is 0.206. The summed E-state index contributed by atoms with van der Waals surface area (Å²) < 4.78 is 14.0. The zero-order valence-electron chi connectivity index (χ0n) is 19.5. The van der Waals surface area contributed by atoms with E-state index in [1.165, 1.54) is 38.9 Å². The fourth-order valence-electron chi connectivity index (χ4n) is 4.54. The third-order valence-electron chi connectivity index (χ3n) is 6.28. The molecule has 0 unspecified atom stereocenters. The van der Waals surface area contributed by atoms with Crippen LogP contribution in [0.5, 0.6) is 0 Å². The Morgan fingerprint density at radius 2 is 1.71 bits per heavy atom. The van der Waals surface area contributed by atoms with Gasteiger partial charge in [-0.2, -0.15) is 0 Å². The molecule has 0 radical (unpaired) electrons. The Bertz CT molecular complexity index is 666. The van der Waals surface area contributed by atoms with Gasteiger partial charge in [0.15, 0.2) is 5.96 Å². The van der Waals surface area contributed by atoms with E-state index in [-0.39, 0.29) is 5.82 Å². The highest BCUT2D eigenvalue weighted by molar-refractivity contribution is 5.80. The number of halogens is 1. The van der Waals surface area contributed by atoms with Crippen LogP contribution in [0, 0.1) is 5.82 Å². The molecule has 0 aliphatic carbocycles. The van der Waals surface area contributed by atoms with E-state index in [1.54, 1.807) is 12.1 Å². The number of benzene rings is 1. The highest BCUT2D eigenvalue weighted by Gasteiger charge is 2.20. The van der Waals surface area contributed by atoms with Crippen molar-refractivity contribution < 1.29 is 4.39 Å². The van der Waals surface area contributed by atoms with Crippen LogP contribution in [0.15, 0.2) is 29.3 Å². The lowest BCUT2D eigenvalue weighted by atomic mass is 10.1. The number of aliphatic imine (C=N–C) groups is 1. The first-order valence-electron chi connectivity index (χ1n) is 12.2. The molecule has 0 aromatic heterocycles. The largest absolute Gasteiger partial charge is 0.367 e. The summed E-state index contributed by atoms with van der Waals surface area (Å²) in [5, 5.41) is 7.05. The van der Waals surface area contributed by atoms with Gasteiger partial charge in [0.25, 0.3) is 0 Å². The molecule has 2 aliphatic rings. The number of nitrogens with zero attached hydrogens (tertiary/aromatic N) is 4. The maximum atomic E-state index is 14.0. The van der Waals surface area contributed by atoms with Crippen LogP contribution in [0.1, 0.15) is 39.5 Å². The zero-order valence-corrected chi connectivity index (χ0v) is 19.5. The van der Waals surface area contributed by atoms with Gasteiger partial charge in [-0.25, -0.2) is 4.39 Å². The SMILES string of the molecule is CCCN1CCC(NC(=NCCCN2CCN(c3ccccc3F)CC2)NCC)CC1. The molecule has 2 saturated heterocycles. The second-order valence-electron chi connectivity index (χ2n) is 8.65. The lowest BCUT2D eigenvalue weighted by Gasteiger charge is -2.36. The third kappa shape index (κ3) is 7.65. The van der Waals surface area contributed by atoms with Crippen molar-refractivity contribution in [1.29, 1.82) is 0 Å². The smallest absolute Gasteiger partial charge is 0.191 e. The minimum Gasteiger partial charge on any atom is -0.367 e. The van der Waals surface area contributed by atoms with Crippen molar-refractivity contribution >= 4 is 11.6 Å². The number of hydrogen-bond acceptors (Lipinski definition) is 4. The number of para-hydroxylation sites is 1. The standard InChI is InChI=1S/C24H41FN6/c1-3-13-29-15-10-21(11-16-29)28-24(26-4-2)27-12-7-14-30-17-19-31(20-18-30)23-9-6-5-8-22(23)25/h5-6,8-9,21H,3-4,7,10-20H2,1-2H3,(H2,26,27,28). The molecule has 0 spiro atoms. The fourth-order valence-corrected chi connectivity index (χ4v) is 4.54. The number of anilines is 1. The Morgan fingerprint density at radius 1 is 1.00 bits per heavy atom. The van der Waals surface area contributed by atoms with Crippen LogP contribution in [-0.4, -0.2) is 87.2 Å². The molecule has 31 heavy (non-hydrogen) atoms. The van der Waals surface area contributed by atoms with Gasteiger partial charge in [-0.05, 0) is 51.3 Å². The van der Waals surface area contributed by atoms with E-state index in [1.807, 2.05) is 12.1 Å². The van der Waals surface area contributed by atoms with Crippen molar-refractivity contribution in [3.63, 3.8) is 0 Å². The Labute approximate surface area is 187 Å². The van der Waals surface area contributed by atoms with Crippen LogP contribution in [0.2, 0.25) is 0 Å². The molecule has 7 heteroatoms. The maximum absolute atomic E-state index is 14.0. The predicted octanol–water partition coefficient (Wildman–Crippen LogP) is 2.77. The van der Waals surface area contributed by atoms with Gasteiger partial charge in [-0.1, -0.05) is 19.1 Å². The molecule has 2 N–H and O–H groups in total.